The summed E-state index contributed by atoms with van der Waals surface area (Å²) >= 11 is 10.7. The molecule has 10 heteroatoms. The lowest BCUT2D eigenvalue weighted by Gasteiger charge is -2.45. The third kappa shape index (κ3) is 5.49. The first kappa shape index (κ1) is 24.6. The van der Waals surface area contributed by atoms with E-state index in [0.29, 0.717) is 28.7 Å². The van der Waals surface area contributed by atoms with Crippen molar-refractivity contribution < 1.29 is 18.9 Å². The van der Waals surface area contributed by atoms with E-state index in [2.05, 4.69) is 9.88 Å². The summed E-state index contributed by atoms with van der Waals surface area (Å²) in [5, 5.41) is 0.608. The van der Waals surface area contributed by atoms with Crippen molar-refractivity contribution in [2.75, 3.05) is 30.3 Å². The maximum Gasteiger partial charge on any atom is 0.356 e. The van der Waals surface area contributed by atoms with E-state index in [0.717, 1.165) is 5.82 Å². The summed E-state index contributed by atoms with van der Waals surface area (Å²) in [6.45, 7) is 7.05. The highest BCUT2D eigenvalue weighted by molar-refractivity contribution is 7.92. The molecule has 32 heavy (non-hydrogen) atoms. The van der Waals surface area contributed by atoms with Gasteiger partial charge >= 0.3 is 5.97 Å². The number of halogens is 2. The molecular formula is C22H25Cl2N3O4S. The van der Waals surface area contributed by atoms with Crippen LogP contribution in [0.25, 0.3) is 0 Å². The number of nitrogens with zero attached hydrogens (tertiary/aromatic N) is 3. The summed E-state index contributed by atoms with van der Waals surface area (Å²) < 4.78 is 17.3. The van der Waals surface area contributed by atoms with E-state index in [1.807, 2.05) is 26.0 Å². The van der Waals surface area contributed by atoms with Gasteiger partial charge in [0, 0.05) is 30.7 Å². The number of hydrogen-bond acceptors (Lipinski definition) is 6. The molecule has 1 fully saturated rings. The van der Waals surface area contributed by atoms with Gasteiger partial charge in [0.1, 0.15) is 11.0 Å². The summed E-state index contributed by atoms with van der Waals surface area (Å²) in [7, 11) is 0. The number of pyridine rings is 1. The van der Waals surface area contributed by atoms with E-state index < -0.39 is 17.1 Å². The molecule has 0 radical (unpaired) electrons. The van der Waals surface area contributed by atoms with Gasteiger partial charge in [0.15, 0.2) is 4.90 Å². The average molecular weight is 498 g/mol. The van der Waals surface area contributed by atoms with E-state index in [-0.39, 0.29) is 35.4 Å². The Balaban J connectivity index is 1.72. The van der Waals surface area contributed by atoms with Crippen molar-refractivity contribution in [1.29, 1.82) is 0 Å². The van der Waals surface area contributed by atoms with Gasteiger partial charge in [-0.2, -0.15) is 0 Å². The Morgan fingerprint density at radius 1 is 1.19 bits per heavy atom. The maximum absolute atomic E-state index is 13.2. The van der Waals surface area contributed by atoms with E-state index in [9.17, 15) is 14.1 Å². The van der Waals surface area contributed by atoms with Gasteiger partial charge in [-0.05, 0) is 62.3 Å². The predicted octanol–water partition coefficient (Wildman–Crippen LogP) is 3.80. The SMILES string of the molecule is CCOC(=O)C[S+]([O-])c1ccc(C(=O)N2CCN(c3cccc(Cl)n3)[C@@H](C)[C@@H]2C)cc1Cl. The van der Waals surface area contributed by atoms with Crippen LogP contribution >= 0.6 is 23.2 Å². The van der Waals surface area contributed by atoms with Crippen molar-refractivity contribution in [1.82, 2.24) is 9.88 Å². The molecular weight excluding hydrogens is 473 g/mol. The first-order chi connectivity index (χ1) is 15.2. The third-order valence-electron chi connectivity index (χ3n) is 5.50. The summed E-state index contributed by atoms with van der Waals surface area (Å²) in [6, 6.07) is 10.0. The molecule has 172 valence electrons. The maximum atomic E-state index is 13.2. The number of piperazine rings is 1. The van der Waals surface area contributed by atoms with Gasteiger partial charge in [-0.25, -0.2) is 9.78 Å². The van der Waals surface area contributed by atoms with Gasteiger partial charge in [0.2, 0.25) is 5.75 Å². The lowest BCUT2D eigenvalue weighted by Crippen LogP contribution is -2.59. The van der Waals surface area contributed by atoms with Crippen LogP contribution in [0.2, 0.25) is 10.2 Å². The molecule has 1 aliphatic heterocycles. The highest BCUT2D eigenvalue weighted by Gasteiger charge is 2.35. The Kier molecular flexibility index (Phi) is 8.27. The summed E-state index contributed by atoms with van der Waals surface area (Å²) in [6.07, 6.45) is 0. The predicted molar refractivity (Wildman–Crippen MR) is 126 cm³/mol. The molecule has 2 heterocycles. The van der Waals surface area contributed by atoms with Crippen molar-refractivity contribution in [3.63, 3.8) is 0 Å². The fourth-order valence-electron chi connectivity index (χ4n) is 3.68. The second-order valence-electron chi connectivity index (χ2n) is 7.43. The number of amides is 1. The molecule has 0 aliphatic carbocycles. The van der Waals surface area contributed by atoms with Crippen LogP contribution in [0.3, 0.4) is 0 Å². The van der Waals surface area contributed by atoms with Gasteiger partial charge in [-0.3, -0.25) is 4.79 Å². The van der Waals surface area contributed by atoms with Crippen molar-refractivity contribution in [3.05, 3.63) is 52.1 Å². The number of hydrogen-bond donors (Lipinski definition) is 0. The number of carbonyl (C=O) groups excluding carboxylic acids is 2. The Bertz CT molecular complexity index is 993. The number of anilines is 1. The third-order valence-corrected chi connectivity index (χ3v) is 7.48. The zero-order valence-corrected chi connectivity index (χ0v) is 20.4. The molecule has 0 spiro atoms. The van der Waals surface area contributed by atoms with E-state index in [4.69, 9.17) is 27.9 Å². The van der Waals surface area contributed by atoms with Crippen LogP contribution in [-0.2, 0) is 20.7 Å². The Hall–Kier alpha value is -2.00. The fraction of sp³-hybridized carbons (Fsp3) is 0.409. The quantitative estimate of drug-likeness (QED) is 0.342. The smallest absolute Gasteiger partial charge is 0.356 e. The minimum atomic E-state index is -1.65. The minimum Gasteiger partial charge on any atom is -0.611 e. The number of rotatable bonds is 6. The summed E-state index contributed by atoms with van der Waals surface area (Å²) in [5.41, 5.74) is 0.403. The van der Waals surface area contributed by atoms with Gasteiger partial charge in [0.05, 0.1) is 11.6 Å². The van der Waals surface area contributed by atoms with Crippen molar-refractivity contribution >= 4 is 52.1 Å². The van der Waals surface area contributed by atoms with E-state index in [1.54, 1.807) is 24.0 Å². The van der Waals surface area contributed by atoms with Gasteiger partial charge in [0.25, 0.3) is 5.91 Å². The molecule has 0 saturated carbocycles. The Labute approximate surface area is 200 Å². The average Bonchev–Trinajstić information content (AvgIpc) is 2.75. The molecule has 1 aromatic heterocycles. The number of carbonyl (C=O) groups is 2. The monoisotopic (exact) mass is 497 g/mol. The number of esters is 1. The van der Waals surface area contributed by atoms with Crippen LogP contribution < -0.4 is 4.90 Å². The second-order valence-corrected chi connectivity index (χ2v) is 9.65. The molecule has 3 rings (SSSR count). The van der Waals surface area contributed by atoms with E-state index in [1.165, 1.54) is 12.1 Å². The van der Waals surface area contributed by atoms with E-state index >= 15 is 0 Å². The largest absolute Gasteiger partial charge is 0.611 e. The van der Waals surface area contributed by atoms with Crippen LogP contribution in [0.4, 0.5) is 5.82 Å². The highest BCUT2D eigenvalue weighted by atomic mass is 35.5. The zero-order chi connectivity index (χ0) is 23.4. The minimum absolute atomic E-state index is 0.0190. The topological polar surface area (TPSA) is 85.8 Å². The molecule has 1 amide bonds. The molecule has 7 nitrogen and oxygen atoms in total. The zero-order valence-electron chi connectivity index (χ0n) is 18.1. The lowest BCUT2D eigenvalue weighted by molar-refractivity contribution is -0.139. The molecule has 3 atom stereocenters. The highest BCUT2D eigenvalue weighted by Crippen LogP contribution is 2.28. The van der Waals surface area contributed by atoms with Crippen LogP contribution in [0.1, 0.15) is 31.1 Å². The van der Waals surface area contributed by atoms with Crippen LogP contribution in [0.15, 0.2) is 41.3 Å². The molecule has 2 aromatic rings. The molecule has 0 N–H and O–H groups in total. The van der Waals surface area contributed by atoms with Crippen molar-refractivity contribution in [2.24, 2.45) is 0 Å². The fourth-order valence-corrected chi connectivity index (χ4v) is 5.23. The van der Waals surface area contributed by atoms with Gasteiger partial charge < -0.3 is 19.1 Å². The second kappa shape index (κ2) is 10.7. The lowest BCUT2D eigenvalue weighted by atomic mass is 10.0. The van der Waals surface area contributed by atoms with Crippen molar-refractivity contribution in [2.45, 2.75) is 37.8 Å². The molecule has 1 aliphatic rings. The number of benzene rings is 1. The standard InChI is InChI=1S/C22H25Cl2N3O4S/c1-4-31-21(28)13-32(30)18-9-8-16(12-17(18)23)22(29)27-11-10-26(14(2)15(27)3)20-7-5-6-19(24)25-20/h5-9,12,14-15H,4,10-11,13H2,1-3H3/t14-,15-,32?/m0/s1. The number of ether oxygens (including phenoxy) is 1. The normalized spacial score (nSPS) is 19.6. The Morgan fingerprint density at radius 2 is 1.94 bits per heavy atom. The molecule has 1 aromatic carbocycles. The molecule has 1 unspecified atom stereocenters. The van der Waals surface area contributed by atoms with Crippen LogP contribution in [-0.4, -0.2) is 63.8 Å². The van der Waals surface area contributed by atoms with Crippen molar-refractivity contribution in [3.8, 4) is 0 Å². The first-order valence-corrected chi connectivity index (χ1v) is 12.3. The molecule has 1 saturated heterocycles. The summed E-state index contributed by atoms with van der Waals surface area (Å²) in [4.78, 5) is 33.4. The van der Waals surface area contributed by atoms with Crippen LogP contribution in [0.5, 0.6) is 0 Å². The number of aromatic nitrogens is 1. The van der Waals surface area contributed by atoms with Gasteiger partial charge in [-0.15, -0.1) is 0 Å². The van der Waals surface area contributed by atoms with Gasteiger partial charge in [-0.1, -0.05) is 29.3 Å². The molecule has 0 bridgehead atoms. The Morgan fingerprint density at radius 3 is 2.59 bits per heavy atom. The summed E-state index contributed by atoms with van der Waals surface area (Å²) in [5.74, 6) is -0.223. The van der Waals surface area contributed by atoms with Crippen LogP contribution in [0, 0.1) is 0 Å². The first-order valence-electron chi connectivity index (χ1n) is 10.3.